The van der Waals surface area contributed by atoms with Gasteiger partial charge in [-0.3, -0.25) is 9.59 Å². The summed E-state index contributed by atoms with van der Waals surface area (Å²) in [5.41, 5.74) is 1.34. The van der Waals surface area contributed by atoms with Gasteiger partial charge in [-0.25, -0.2) is 0 Å². The van der Waals surface area contributed by atoms with E-state index in [0.717, 1.165) is 25.2 Å². The minimum atomic E-state index is -0.0957. The summed E-state index contributed by atoms with van der Waals surface area (Å²) in [6.45, 7) is 6.35. The molecule has 2 amide bonds. The van der Waals surface area contributed by atoms with Gasteiger partial charge in [-0.05, 0) is 43.1 Å². The Bertz CT molecular complexity index is 505. The van der Waals surface area contributed by atoms with Gasteiger partial charge in [0.25, 0.3) is 5.91 Å². The lowest BCUT2D eigenvalue weighted by molar-refractivity contribution is -0.117. The fourth-order valence-electron chi connectivity index (χ4n) is 2.17. The molecule has 2 atom stereocenters. The molecule has 1 aromatic rings. The van der Waals surface area contributed by atoms with Crippen molar-refractivity contribution < 1.29 is 9.59 Å². The van der Waals surface area contributed by atoms with Crippen molar-refractivity contribution in [2.75, 3.05) is 25.0 Å². The predicted molar refractivity (Wildman–Crippen MR) is 90.5 cm³/mol. The number of hydrogen-bond acceptors (Lipinski definition) is 3. The molecule has 1 saturated carbocycles. The fourth-order valence-corrected chi connectivity index (χ4v) is 2.17. The Morgan fingerprint density at radius 2 is 1.82 bits per heavy atom. The van der Waals surface area contributed by atoms with Crippen molar-refractivity contribution in [3.63, 3.8) is 0 Å². The van der Waals surface area contributed by atoms with Gasteiger partial charge >= 0.3 is 0 Å². The van der Waals surface area contributed by atoms with E-state index in [1.54, 1.807) is 24.3 Å². The van der Waals surface area contributed by atoms with Gasteiger partial charge in [-0.1, -0.05) is 13.8 Å². The summed E-state index contributed by atoms with van der Waals surface area (Å²) in [6, 6.07) is 7.00. The van der Waals surface area contributed by atoms with Crippen LogP contribution in [0.25, 0.3) is 0 Å². The highest BCUT2D eigenvalue weighted by Crippen LogP contribution is 2.38. The third kappa shape index (κ3) is 5.31. The maximum Gasteiger partial charge on any atom is 0.251 e. The van der Waals surface area contributed by atoms with Gasteiger partial charge in [0.15, 0.2) is 0 Å². The summed E-state index contributed by atoms with van der Waals surface area (Å²) in [5.74, 6) is 0.623. The van der Waals surface area contributed by atoms with Gasteiger partial charge in [0, 0.05) is 30.3 Å². The van der Waals surface area contributed by atoms with Crippen molar-refractivity contribution >= 4 is 29.9 Å². The zero-order valence-corrected chi connectivity index (χ0v) is 13.8. The van der Waals surface area contributed by atoms with E-state index >= 15 is 0 Å². The van der Waals surface area contributed by atoms with Crippen LogP contribution in [0.4, 0.5) is 5.69 Å². The molecule has 0 aromatic heterocycles. The van der Waals surface area contributed by atoms with Crippen molar-refractivity contribution in [3.05, 3.63) is 29.8 Å². The summed E-state index contributed by atoms with van der Waals surface area (Å²) in [7, 11) is 0. The maximum absolute atomic E-state index is 11.9. The Labute approximate surface area is 137 Å². The summed E-state index contributed by atoms with van der Waals surface area (Å²) < 4.78 is 0. The molecule has 1 aliphatic carbocycles. The van der Waals surface area contributed by atoms with Gasteiger partial charge in [-0.2, -0.15) is 0 Å². The first-order valence-electron chi connectivity index (χ1n) is 7.51. The standard InChI is InChI=1S/C16H23N3O2.ClH/c1-3-17-8-9-18-15(20)12-4-6-13(7-5-12)19-16(21)14-10-11(14)2;/h4-7,11,14,17H,3,8-10H2,1-2H3,(H,18,20)(H,19,21);1H. The van der Waals surface area contributed by atoms with E-state index in [-0.39, 0.29) is 30.1 Å². The Morgan fingerprint density at radius 3 is 2.36 bits per heavy atom. The number of likely N-dealkylation sites (N-methyl/N-ethyl adjacent to an activating group) is 1. The predicted octanol–water partition coefficient (Wildman–Crippen LogP) is 2.04. The topological polar surface area (TPSA) is 70.2 Å². The van der Waals surface area contributed by atoms with Crippen LogP contribution in [0.15, 0.2) is 24.3 Å². The number of nitrogens with one attached hydrogen (secondary N) is 3. The maximum atomic E-state index is 11.9. The van der Waals surface area contributed by atoms with Crippen LogP contribution in [0.1, 0.15) is 30.6 Å². The molecule has 1 fully saturated rings. The second-order valence-corrected chi connectivity index (χ2v) is 5.50. The summed E-state index contributed by atoms with van der Waals surface area (Å²) in [6.07, 6.45) is 0.970. The number of rotatable bonds is 7. The van der Waals surface area contributed by atoms with Crippen LogP contribution < -0.4 is 16.0 Å². The average Bonchev–Trinajstić information content (AvgIpc) is 3.21. The highest BCUT2D eigenvalue weighted by Gasteiger charge is 2.38. The molecule has 0 saturated heterocycles. The summed E-state index contributed by atoms with van der Waals surface area (Å²) in [5, 5.41) is 8.86. The van der Waals surface area contributed by atoms with Gasteiger partial charge < -0.3 is 16.0 Å². The highest BCUT2D eigenvalue weighted by atomic mass is 35.5. The first kappa shape index (κ1) is 18.5. The van der Waals surface area contributed by atoms with E-state index in [2.05, 4.69) is 22.9 Å². The molecule has 0 spiro atoms. The van der Waals surface area contributed by atoms with Gasteiger partial charge in [0.2, 0.25) is 5.91 Å². The van der Waals surface area contributed by atoms with Crippen molar-refractivity contribution in [2.45, 2.75) is 20.3 Å². The quantitative estimate of drug-likeness (QED) is 0.672. The summed E-state index contributed by atoms with van der Waals surface area (Å²) >= 11 is 0. The van der Waals surface area contributed by atoms with Crippen LogP contribution in [0, 0.1) is 11.8 Å². The third-order valence-electron chi connectivity index (χ3n) is 3.70. The van der Waals surface area contributed by atoms with Crippen molar-refractivity contribution in [2.24, 2.45) is 11.8 Å². The molecular formula is C16H24ClN3O2. The first-order valence-corrected chi connectivity index (χ1v) is 7.51. The van der Waals surface area contributed by atoms with E-state index in [0.29, 0.717) is 18.0 Å². The number of amides is 2. The average molecular weight is 326 g/mol. The van der Waals surface area contributed by atoms with Crippen molar-refractivity contribution in [3.8, 4) is 0 Å². The molecule has 0 aliphatic heterocycles. The largest absolute Gasteiger partial charge is 0.351 e. The Kier molecular flexibility index (Phi) is 7.35. The fraction of sp³-hybridized carbons (Fsp3) is 0.500. The lowest BCUT2D eigenvalue weighted by Crippen LogP contribution is -2.31. The molecule has 2 rings (SSSR count). The lowest BCUT2D eigenvalue weighted by atomic mass is 10.2. The van der Waals surface area contributed by atoms with Gasteiger partial charge in [0.1, 0.15) is 0 Å². The number of halogens is 1. The molecule has 1 aliphatic rings. The molecule has 122 valence electrons. The third-order valence-corrected chi connectivity index (χ3v) is 3.70. The molecule has 0 bridgehead atoms. The molecule has 0 radical (unpaired) electrons. The summed E-state index contributed by atoms with van der Waals surface area (Å²) in [4.78, 5) is 23.7. The highest BCUT2D eigenvalue weighted by molar-refractivity contribution is 5.96. The lowest BCUT2D eigenvalue weighted by Gasteiger charge is -2.07. The van der Waals surface area contributed by atoms with E-state index < -0.39 is 0 Å². The first-order chi connectivity index (χ1) is 10.1. The van der Waals surface area contributed by atoms with Gasteiger partial charge in [-0.15, -0.1) is 12.4 Å². The van der Waals surface area contributed by atoms with Crippen LogP contribution in [-0.4, -0.2) is 31.4 Å². The molecule has 2 unspecified atom stereocenters. The van der Waals surface area contributed by atoms with E-state index in [1.165, 1.54) is 0 Å². The Hall–Kier alpha value is -1.59. The molecule has 1 aromatic carbocycles. The second-order valence-electron chi connectivity index (χ2n) is 5.50. The normalized spacial score (nSPS) is 19.0. The van der Waals surface area contributed by atoms with Gasteiger partial charge in [0.05, 0.1) is 0 Å². The molecule has 0 heterocycles. The zero-order valence-electron chi connectivity index (χ0n) is 13.0. The minimum absolute atomic E-state index is 0. The SMILES string of the molecule is CCNCCNC(=O)c1ccc(NC(=O)C2CC2C)cc1.Cl. The number of carbonyl (C=O) groups is 2. The zero-order chi connectivity index (χ0) is 15.2. The van der Waals surface area contributed by atoms with Crippen LogP contribution in [0.3, 0.4) is 0 Å². The van der Waals surface area contributed by atoms with Crippen molar-refractivity contribution in [1.29, 1.82) is 0 Å². The van der Waals surface area contributed by atoms with E-state index in [4.69, 9.17) is 0 Å². The molecule has 6 heteroatoms. The van der Waals surface area contributed by atoms with Crippen LogP contribution in [0.5, 0.6) is 0 Å². The number of benzene rings is 1. The number of hydrogen-bond donors (Lipinski definition) is 3. The van der Waals surface area contributed by atoms with E-state index in [1.807, 2.05) is 6.92 Å². The monoisotopic (exact) mass is 325 g/mol. The Balaban J connectivity index is 0.00000242. The molecule has 5 nitrogen and oxygen atoms in total. The second kappa shape index (κ2) is 8.76. The van der Waals surface area contributed by atoms with Crippen molar-refractivity contribution in [1.82, 2.24) is 10.6 Å². The minimum Gasteiger partial charge on any atom is -0.351 e. The van der Waals surface area contributed by atoms with Crippen LogP contribution >= 0.6 is 12.4 Å². The number of carbonyl (C=O) groups excluding carboxylic acids is 2. The smallest absolute Gasteiger partial charge is 0.251 e. The van der Waals surface area contributed by atoms with Crippen LogP contribution in [0.2, 0.25) is 0 Å². The number of anilines is 1. The van der Waals surface area contributed by atoms with Crippen LogP contribution in [-0.2, 0) is 4.79 Å². The van der Waals surface area contributed by atoms with E-state index in [9.17, 15) is 9.59 Å². The Morgan fingerprint density at radius 1 is 1.18 bits per heavy atom. The molecular weight excluding hydrogens is 302 g/mol. The molecule has 22 heavy (non-hydrogen) atoms. The molecule has 3 N–H and O–H groups in total.